The average Bonchev–Trinajstić information content (AvgIpc) is 2.90. The van der Waals surface area contributed by atoms with Crippen LogP contribution in [0.25, 0.3) is 0 Å². The fraction of sp³-hybridized carbons (Fsp3) is 0.500. The predicted molar refractivity (Wildman–Crippen MR) is 65.4 cm³/mol. The van der Waals surface area contributed by atoms with E-state index in [1.54, 1.807) is 0 Å². The number of carbonyl (C=O) groups is 1. The van der Waals surface area contributed by atoms with E-state index in [9.17, 15) is 18.0 Å². The Morgan fingerprint density at radius 3 is 2.70 bits per heavy atom. The van der Waals surface area contributed by atoms with Gasteiger partial charge in [-0.15, -0.1) is 0 Å². The van der Waals surface area contributed by atoms with Gasteiger partial charge in [-0.1, -0.05) is 0 Å². The van der Waals surface area contributed by atoms with Crippen LogP contribution in [0.1, 0.15) is 6.42 Å². The first-order chi connectivity index (χ1) is 9.39. The lowest BCUT2D eigenvalue weighted by Gasteiger charge is -2.29. The van der Waals surface area contributed by atoms with Crippen molar-refractivity contribution in [1.82, 2.24) is 10.3 Å². The maximum Gasteiger partial charge on any atom is 0.404 e. The van der Waals surface area contributed by atoms with Crippen LogP contribution >= 0.6 is 0 Å². The zero-order valence-corrected chi connectivity index (χ0v) is 10.8. The Morgan fingerprint density at radius 2 is 2.25 bits per heavy atom. The molecule has 1 unspecified atom stereocenters. The van der Waals surface area contributed by atoms with Gasteiger partial charge in [-0.3, -0.25) is 4.79 Å². The molecule has 8 heteroatoms. The molecule has 0 bridgehead atoms. The number of ether oxygens (including phenoxy) is 1. The minimum Gasteiger partial charge on any atom is -0.481 e. The van der Waals surface area contributed by atoms with Crippen molar-refractivity contribution >= 4 is 11.6 Å². The molecule has 5 nitrogen and oxygen atoms in total. The van der Waals surface area contributed by atoms with E-state index in [2.05, 4.69) is 15.6 Å². The van der Waals surface area contributed by atoms with Crippen molar-refractivity contribution in [3.63, 3.8) is 0 Å². The molecule has 0 spiro atoms. The van der Waals surface area contributed by atoms with Crippen molar-refractivity contribution in [3.8, 4) is 5.88 Å². The molecular weight excluding hydrogens is 275 g/mol. The zero-order valence-electron chi connectivity index (χ0n) is 10.8. The van der Waals surface area contributed by atoms with Gasteiger partial charge in [0.2, 0.25) is 11.8 Å². The summed E-state index contributed by atoms with van der Waals surface area (Å²) < 4.78 is 44.3. The van der Waals surface area contributed by atoms with Gasteiger partial charge in [0.05, 0.1) is 19.0 Å². The standard InChI is InChI=1S/C12H14F3N3O2/c1-20-9-3-2-8(6-17-9)18-10(19)11(12(13,14)15)4-5-16-7-11/h2-3,6,16H,4-5,7H2,1H3,(H,18,19). The highest BCUT2D eigenvalue weighted by molar-refractivity contribution is 5.96. The third-order valence-electron chi connectivity index (χ3n) is 3.34. The highest BCUT2D eigenvalue weighted by Gasteiger charge is 2.61. The minimum atomic E-state index is -4.60. The number of anilines is 1. The molecule has 1 aliphatic rings. The van der Waals surface area contributed by atoms with Crippen molar-refractivity contribution in [2.24, 2.45) is 5.41 Å². The molecule has 1 aromatic heterocycles. The lowest BCUT2D eigenvalue weighted by molar-refractivity contribution is -0.213. The zero-order chi connectivity index (χ0) is 14.8. The van der Waals surface area contributed by atoms with Crippen LogP contribution in [0, 0.1) is 5.41 Å². The largest absolute Gasteiger partial charge is 0.481 e. The van der Waals surface area contributed by atoms with E-state index in [1.807, 2.05) is 0 Å². The lowest BCUT2D eigenvalue weighted by atomic mass is 9.85. The smallest absolute Gasteiger partial charge is 0.404 e. The number of halogens is 3. The molecular formula is C12H14F3N3O2. The third kappa shape index (κ3) is 2.55. The topological polar surface area (TPSA) is 63.2 Å². The molecule has 1 saturated heterocycles. The summed E-state index contributed by atoms with van der Waals surface area (Å²) in [5, 5.41) is 4.85. The number of hydrogen-bond donors (Lipinski definition) is 2. The first kappa shape index (κ1) is 14.6. The number of pyridine rings is 1. The van der Waals surface area contributed by atoms with E-state index in [-0.39, 0.29) is 18.7 Å². The van der Waals surface area contributed by atoms with Gasteiger partial charge in [0.25, 0.3) is 0 Å². The Morgan fingerprint density at radius 1 is 1.50 bits per heavy atom. The number of hydrogen-bond acceptors (Lipinski definition) is 4. The second-order valence-corrected chi connectivity index (χ2v) is 4.55. The Kier molecular flexibility index (Phi) is 3.85. The number of amides is 1. The summed E-state index contributed by atoms with van der Waals surface area (Å²) >= 11 is 0. The van der Waals surface area contributed by atoms with Gasteiger partial charge in [0, 0.05) is 12.6 Å². The summed E-state index contributed by atoms with van der Waals surface area (Å²) in [6.07, 6.45) is -3.62. The van der Waals surface area contributed by atoms with Crippen molar-refractivity contribution in [2.45, 2.75) is 12.6 Å². The number of carbonyl (C=O) groups excluding carboxylic acids is 1. The summed E-state index contributed by atoms with van der Waals surface area (Å²) in [7, 11) is 1.42. The van der Waals surface area contributed by atoms with Crippen LogP contribution in [0.5, 0.6) is 5.88 Å². The van der Waals surface area contributed by atoms with Crippen LogP contribution in [-0.4, -0.2) is 37.3 Å². The van der Waals surface area contributed by atoms with E-state index in [0.717, 1.165) is 0 Å². The second-order valence-electron chi connectivity index (χ2n) is 4.55. The quantitative estimate of drug-likeness (QED) is 0.886. The maximum absolute atomic E-state index is 13.2. The number of nitrogens with zero attached hydrogens (tertiary/aromatic N) is 1. The van der Waals surface area contributed by atoms with Gasteiger partial charge in [-0.05, 0) is 19.0 Å². The fourth-order valence-corrected chi connectivity index (χ4v) is 2.08. The minimum absolute atomic E-state index is 0.161. The third-order valence-corrected chi connectivity index (χ3v) is 3.34. The van der Waals surface area contributed by atoms with Gasteiger partial charge in [0.15, 0.2) is 5.41 Å². The molecule has 1 fully saturated rings. The monoisotopic (exact) mass is 289 g/mol. The lowest BCUT2D eigenvalue weighted by Crippen LogP contribution is -2.49. The van der Waals surface area contributed by atoms with Crippen molar-refractivity contribution in [1.29, 1.82) is 0 Å². The maximum atomic E-state index is 13.2. The molecule has 0 aromatic carbocycles. The van der Waals surface area contributed by atoms with E-state index in [1.165, 1.54) is 25.4 Å². The molecule has 0 aliphatic carbocycles. The molecule has 1 amide bonds. The first-order valence-electron chi connectivity index (χ1n) is 5.98. The average molecular weight is 289 g/mol. The molecule has 0 radical (unpaired) electrons. The van der Waals surface area contributed by atoms with Crippen LogP contribution < -0.4 is 15.4 Å². The van der Waals surface area contributed by atoms with Crippen LogP contribution in [0.2, 0.25) is 0 Å². The Balaban J connectivity index is 2.17. The van der Waals surface area contributed by atoms with Gasteiger partial charge in [-0.2, -0.15) is 13.2 Å². The van der Waals surface area contributed by atoms with Gasteiger partial charge < -0.3 is 15.4 Å². The SMILES string of the molecule is COc1ccc(NC(=O)C2(C(F)(F)F)CCNC2)cn1. The number of nitrogens with one attached hydrogen (secondary N) is 2. The Hall–Kier alpha value is -1.83. The van der Waals surface area contributed by atoms with Crippen LogP contribution in [0.3, 0.4) is 0 Å². The summed E-state index contributed by atoms with van der Waals surface area (Å²) in [5.41, 5.74) is -2.18. The van der Waals surface area contributed by atoms with E-state index in [4.69, 9.17) is 4.74 Å². The van der Waals surface area contributed by atoms with E-state index >= 15 is 0 Å². The van der Waals surface area contributed by atoms with Gasteiger partial charge in [0.1, 0.15) is 0 Å². The van der Waals surface area contributed by atoms with Crippen molar-refractivity contribution in [3.05, 3.63) is 18.3 Å². The summed E-state index contributed by atoms with van der Waals surface area (Å²) in [4.78, 5) is 15.8. The molecule has 110 valence electrons. The van der Waals surface area contributed by atoms with Gasteiger partial charge >= 0.3 is 6.18 Å². The number of alkyl halides is 3. The molecule has 1 atom stereocenters. The highest BCUT2D eigenvalue weighted by Crippen LogP contribution is 2.43. The van der Waals surface area contributed by atoms with Gasteiger partial charge in [-0.25, -0.2) is 4.98 Å². The highest BCUT2D eigenvalue weighted by atomic mass is 19.4. The second kappa shape index (κ2) is 5.28. The van der Waals surface area contributed by atoms with E-state index < -0.39 is 24.0 Å². The van der Waals surface area contributed by atoms with Crippen LogP contribution in [-0.2, 0) is 4.79 Å². The molecule has 1 aromatic rings. The molecule has 20 heavy (non-hydrogen) atoms. The first-order valence-corrected chi connectivity index (χ1v) is 5.98. The molecule has 2 N–H and O–H groups in total. The molecule has 1 aliphatic heterocycles. The number of methoxy groups -OCH3 is 1. The summed E-state index contributed by atoms with van der Waals surface area (Å²) in [6, 6.07) is 2.90. The molecule has 0 saturated carbocycles. The van der Waals surface area contributed by atoms with Crippen molar-refractivity contribution in [2.75, 3.05) is 25.5 Å². The normalized spacial score (nSPS) is 22.6. The van der Waals surface area contributed by atoms with Crippen LogP contribution in [0.15, 0.2) is 18.3 Å². The summed E-state index contributed by atoms with van der Waals surface area (Å²) in [5.74, 6) is -0.752. The Labute approximate surface area is 113 Å². The Bertz CT molecular complexity index is 482. The molecule has 2 heterocycles. The number of aromatic nitrogens is 1. The number of rotatable bonds is 3. The fourth-order valence-electron chi connectivity index (χ4n) is 2.08. The predicted octanol–water partition coefficient (Wildman–Crippen LogP) is 1.57. The van der Waals surface area contributed by atoms with E-state index in [0.29, 0.717) is 5.88 Å². The van der Waals surface area contributed by atoms with Crippen molar-refractivity contribution < 1.29 is 22.7 Å². The van der Waals surface area contributed by atoms with Crippen LogP contribution in [0.4, 0.5) is 18.9 Å². The molecule has 2 rings (SSSR count). The summed E-state index contributed by atoms with van der Waals surface area (Å²) in [6.45, 7) is -0.250.